The fourth-order valence-electron chi connectivity index (χ4n) is 0.269. The van der Waals surface area contributed by atoms with E-state index in [2.05, 4.69) is 0 Å². The van der Waals surface area contributed by atoms with Gasteiger partial charge in [-0.3, -0.25) is 15.5 Å². The molecule has 0 aliphatic rings. The zero-order valence-corrected chi connectivity index (χ0v) is 5.43. The second-order valence-corrected chi connectivity index (χ2v) is 1.73. The third-order valence-corrected chi connectivity index (χ3v) is 1.10. The van der Waals surface area contributed by atoms with Gasteiger partial charge in [0.05, 0.1) is 0 Å². The minimum absolute atomic E-state index is 0.331. The van der Waals surface area contributed by atoms with Gasteiger partial charge in [-0.1, -0.05) is 0 Å². The molecule has 0 aliphatic heterocycles. The highest BCUT2D eigenvalue weighted by atomic mass is 16.5. The van der Waals surface area contributed by atoms with Gasteiger partial charge in [-0.25, -0.2) is 0 Å². The quantitative estimate of drug-likeness (QED) is 0.356. The number of hydroxylamine groups is 1. The van der Waals surface area contributed by atoms with Crippen LogP contribution in [0.25, 0.3) is 0 Å². The van der Waals surface area contributed by atoms with Gasteiger partial charge in [0, 0.05) is 11.3 Å². The van der Waals surface area contributed by atoms with E-state index in [1.54, 1.807) is 6.92 Å². The Balaban J connectivity index is 4.28. The molecular weight excluding hydrogens is 120 g/mol. The van der Waals surface area contributed by atoms with Crippen LogP contribution < -0.4 is 11.2 Å². The van der Waals surface area contributed by atoms with Gasteiger partial charge in [0.1, 0.15) is 0 Å². The molecule has 0 bridgehead atoms. The zero-order valence-electron chi connectivity index (χ0n) is 5.43. The topological polar surface area (TPSA) is 75.3 Å². The Kier molecular flexibility index (Phi) is 2.73. The Hall–Kier alpha value is -1.03. The molecule has 0 aromatic carbocycles. The Morgan fingerprint density at radius 2 is 2.00 bits per heavy atom. The van der Waals surface area contributed by atoms with E-state index in [0.717, 1.165) is 0 Å². The van der Waals surface area contributed by atoms with Crippen molar-refractivity contribution in [1.29, 1.82) is 0 Å². The lowest BCUT2D eigenvalue weighted by atomic mass is 10.2. The fourth-order valence-corrected chi connectivity index (χ4v) is 0.269. The normalized spacial score (nSPS) is 12.3. The predicted molar refractivity (Wildman–Crippen MR) is 32.5 cm³/mol. The number of hydrogen-bond acceptors (Lipinski definition) is 3. The Bertz CT molecular complexity index is 151. The second kappa shape index (κ2) is 3.09. The minimum atomic E-state index is -0.533. The molecule has 0 aliphatic carbocycles. The van der Waals surface area contributed by atoms with Gasteiger partial charge in [-0.2, -0.15) is 0 Å². The summed E-state index contributed by atoms with van der Waals surface area (Å²) in [5.74, 6) is -0.533. The molecule has 0 radical (unpaired) electrons. The molecule has 0 atom stereocenters. The molecular formula is C5H10N2O2. The Morgan fingerprint density at radius 1 is 1.56 bits per heavy atom. The Morgan fingerprint density at radius 3 is 2.11 bits per heavy atom. The van der Waals surface area contributed by atoms with Gasteiger partial charge in [-0.05, 0) is 13.8 Å². The second-order valence-electron chi connectivity index (χ2n) is 1.73. The number of nitrogens with two attached hydrogens (primary N) is 1. The number of carbonyl (C=O) groups is 1. The van der Waals surface area contributed by atoms with Crippen molar-refractivity contribution in [2.24, 2.45) is 5.73 Å². The first-order valence-electron chi connectivity index (χ1n) is 2.47. The molecule has 0 saturated heterocycles. The van der Waals surface area contributed by atoms with Crippen LogP contribution in [0.4, 0.5) is 0 Å². The molecule has 0 saturated carbocycles. The summed E-state index contributed by atoms with van der Waals surface area (Å²) in [6.07, 6.45) is 0. The summed E-state index contributed by atoms with van der Waals surface area (Å²) in [5, 5.41) is 8.24. The molecule has 0 aromatic rings. The number of nitrogens with one attached hydrogen (secondary N) is 1. The summed E-state index contributed by atoms with van der Waals surface area (Å²) in [4.78, 5) is 10.3. The summed E-state index contributed by atoms with van der Waals surface area (Å²) in [6.45, 7) is 3.08. The maximum atomic E-state index is 10.3. The van der Waals surface area contributed by atoms with E-state index in [4.69, 9.17) is 10.9 Å². The molecule has 1 amide bonds. The number of allylic oxidation sites excluding steroid dienone is 1. The van der Waals surface area contributed by atoms with Crippen LogP contribution in [0.15, 0.2) is 11.3 Å². The number of primary amides is 1. The summed E-state index contributed by atoms with van der Waals surface area (Å²) in [6, 6.07) is 0. The predicted octanol–water partition coefficient (Wildman–Crippen LogP) is -0.256. The number of hydrogen-bond donors (Lipinski definition) is 3. The molecule has 0 fully saturated rings. The molecule has 4 heteroatoms. The van der Waals surface area contributed by atoms with E-state index in [9.17, 15) is 4.79 Å². The van der Waals surface area contributed by atoms with Gasteiger partial charge < -0.3 is 5.73 Å². The first-order chi connectivity index (χ1) is 4.09. The third kappa shape index (κ3) is 2.14. The molecule has 0 aromatic heterocycles. The van der Waals surface area contributed by atoms with Crippen molar-refractivity contribution in [3.05, 3.63) is 11.3 Å². The van der Waals surface area contributed by atoms with Crippen molar-refractivity contribution in [2.75, 3.05) is 0 Å². The summed E-state index contributed by atoms with van der Waals surface area (Å²) < 4.78 is 0. The molecule has 4 N–H and O–H groups in total. The van der Waals surface area contributed by atoms with Crippen molar-refractivity contribution >= 4 is 5.91 Å². The molecule has 0 rings (SSSR count). The number of amides is 1. The lowest BCUT2D eigenvalue weighted by Gasteiger charge is -1.99. The molecule has 0 unspecified atom stereocenters. The van der Waals surface area contributed by atoms with Crippen molar-refractivity contribution in [2.45, 2.75) is 13.8 Å². The van der Waals surface area contributed by atoms with Crippen LogP contribution in [-0.2, 0) is 4.79 Å². The van der Waals surface area contributed by atoms with Gasteiger partial charge in [0.15, 0.2) is 0 Å². The van der Waals surface area contributed by atoms with Gasteiger partial charge in [0.25, 0.3) is 0 Å². The van der Waals surface area contributed by atoms with Gasteiger partial charge in [0.2, 0.25) is 5.91 Å². The van der Waals surface area contributed by atoms with Crippen molar-refractivity contribution in [3.63, 3.8) is 0 Å². The summed E-state index contributed by atoms with van der Waals surface area (Å²) >= 11 is 0. The number of rotatable bonds is 2. The molecule has 9 heavy (non-hydrogen) atoms. The van der Waals surface area contributed by atoms with Crippen LogP contribution >= 0.6 is 0 Å². The standard InChI is InChI=1S/C5H10N2O2/c1-3(5(6)8)4(2)7-9/h7,9H,1-2H3,(H2,6,8). The molecule has 52 valence electrons. The van der Waals surface area contributed by atoms with Crippen LogP contribution in [0.5, 0.6) is 0 Å². The first kappa shape index (κ1) is 7.97. The smallest absolute Gasteiger partial charge is 0.246 e. The average molecular weight is 130 g/mol. The largest absolute Gasteiger partial charge is 0.366 e. The third-order valence-electron chi connectivity index (χ3n) is 1.10. The lowest BCUT2D eigenvalue weighted by molar-refractivity contribution is -0.114. The zero-order chi connectivity index (χ0) is 7.44. The van der Waals surface area contributed by atoms with Crippen LogP contribution in [0.1, 0.15) is 13.8 Å². The minimum Gasteiger partial charge on any atom is -0.366 e. The average Bonchev–Trinajstić information content (AvgIpc) is 1.84. The van der Waals surface area contributed by atoms with Gasteiger partial charge in [-0.15, -0.1) is 0 Å². The van der Waals surface area contributed by atoms with Crippen molar-refractivity contribution in [1.82, 2.24) is 5.48 Å². The highest BCUT2D eigenvalue weighted by Gasteiger charge is 2.00. The fraction of sp³-hybridized carbons (Fsp3) is 0.400. The van der Waals surface area contributed by atoms with Gasteiger partial charge >= 0.3 is 0 Å². The highest BCUT2D eigenvalue weighted by molar-refractivity contribution is 5.91. The van der Waals surface area contributed by atoms with Crippen LogP contribution in [0, 0.1) is 0 Å². The van der Waals surface area contributed by atoms with E-state index < -0.39 is 5.91 Å². The monoisotopic (exact) mass is 130 g/mol. The summed E-state index contributed by atoms with van der Waals surface area (Å²) in [7, 11) is 0. The van der Waals surface area contributed by atoms with Crippen molar-refractivity contribution in [3.8, 4) is 0 Å². The van der Waals surface area contributed by atoms with E-state index >= 15 is 0 Å². The summed E-state index contributed by atoms with van der Waals surface area (Å²) in [5.41, 5.74) is 7.40. The SMILES string of the molecule is CC(NO)=C(C)C(N)=O. The van der Waals surface area contributed by atoms with E-state index in [1.807, 2.05) is 5.48 Å². The van der Waals surface area contributed by atoms with Crippen LogP contribution in [0.2, 0.25) is 0 Å². The molecule has 4 nitrogen and oxygen atoms in total. The van der Waals surface area contributed by atoms with E-state index in [0.29, 0.717) is 11.3 Å². The maximum absolute atomic E-state index is 10.3. The van der Waals surface area contributed by atoms with Crippen LogP contribution in [0.3, 0.4) is 0 Å². The van der Waals surface area contributed by atoms with Crippen LogP contribution in [-0.4, -0.2) is 11.1 Å². The van der Waals surface area contributed by atoms with Crippen molar-refractivity contribution < 1.29 is 10.0 Å². The highest BCUT2D eigenvalue weighted by Crippen LogP contribution is 1.95. The lowest BCUT2D eigenvalue weighted by Crippen LogP contribution is -2.17. The van der Waals surface area contributed by atoms with E-state index in [-0.39, 0.29) is 0 Å². The maximum Gasteiger partial charge on any atom is 0.246 e. The van der Waals surface area contributed by atoms with E-state index in [1.165, 1.54) is 6.92 Å². The Labute approximate surface area is 53.3 Å². The molecule has 0 heterocycles. The molecule has 0 spiro atoms. The number of carbonyl (C=O) groups excluding carboxylic acids is 1. The first-order valence-corrected chi connectivity index (χ1v) is 2.47.